The van der Waals surface area contributed by atoms with Gasteiger partial charge in [0.05, 0.1) is 0 Å². The van der Waals surface area contributed by atoms with E-state index in [0.717, 1.165) is 30.7 Å². The van der Waals surface area contributed by atoms with E-state index in [0.29, 0.717) is 0 Å². The second kappa shape index (κ2) is 8.43. The maximum atomic E-state index is 5.99. The maximum Gasteiger partial charge on any atom is 0.0406 e. The topological polar surface area (TPSA) is 9.72 Å². The monoisotopic (exact) mass is 369 g/mol. The van der Waals surface area contributed by atoms with E-state index in [1.54, 1.807) is 0 Å². The molecule has 26 heavy (non-hydrogen) atoms. The minimum atomic E-state index is 0.759. The van der Waals surface area contributed by atoms with Crippen molar-refractivity contribution < 1.29 is 0 Å². The number of hydrogen-bond donors (Lipinski definition) is 0. The van der Waals surface area contributed by atoms with E-state index in [1.165, 1.54) is 50.3 Å². The molecule has 3 nitrogen and oxygen atoms in total. The van der Waals surface area contributed by atoms with Crippen LogP contribution in [-0.2, 0) is 6.54 Å². The number of benzene rings is 2. The molecule has 2 heterocycles. The predicted molar refractivity (Wildman–Crippen MR) is 110 cm³/mol. The summed E-state index contributed by atoms with van der Waals surface area (Å²) >= 11 is 5.99. The van der Waals surface area contributed by atoms with Gasteiger partial charge in [0.1, 0.15) is 0 Å². The number of hydrogen-bond acceptors (Lipinski definition) is 3. The Hall–Kier alpha value is -1.55. The van der Waals surface area contributed by atoms with Crippen molar-refractivity contribution in [2.24, 2.45) is 0 Å². The van der Waals surface area contributed by atoms with Gasteiger partial charge < -0.3 is 4.90 Å². The molecule has 0 aliphatic carbocycles. The molecule has 2 aromatic carbocycles. The second-order valence-electron chi connectivity index (χ2n) is 7.49. The zero-order chi connectivity index (χ0) is 17.8. The first kappa shape index (κ1) is 17.8. The molecule has 2 aliphatic heterocycles. The van der Waals surface area contributed by atoms with Gasteiger partial charge in [-0.05, 0) is 55.8 Å². The SMILES string of the molecule is Clc1ccc(CN2CCC(N3CCN(c4ccccc4)CC3)CC2)cc1. The molecular formula is C22H28ClN3. The number of para-hydroxylation sites is 1. The van der Waals surface area contributed by atoms with E-state index in [4.69, 9.17) is 11.6 Å². The van der Waals surface area contributed by atoms with Crippen molar-refractivity contribution in [1.29, 1.82) is 0 Å². The lowest BCUT2D eigenvalue weighted by Crippen LogP contribution is -2.53. The van der Waals surface area contributed by atoms with Crippen LogP contribution in [0.4, 0.5) is 5.69 Å². The smallest absolute Gasteiger partial charge is 0.0406 e. The van der Waals surface area contributed by atoms with E-state index < -0.39 is 0 Å². The molecule has 0 aromatic heterocycles. The Labute approximate surface area is 162 Å². The zero-order valence-corrected chi connectivity index (χ0v) is 16.1. The first-order chi connectivity index (χ1) is 12.8. The summed E-state index contributed by atoms with van der Waals surface area (Å²) in [7, 11) is 0. The van der Waals surface area contributed by atoms with E-state index in [2.05, 4.69) is 57.2 Å². The Morgan fingerprint density at radius 2 is 1.42 bits per heavy atom. The van der Waals surface area contributed by atoms with Crippen LogP contribution in [0.1, 0.15) is 18.4 Å². The molecule has 2 saturated heterocycles. The van der Waals surface area contributed by atoms with Gasteiger partial charge in [0.15, 0.2) is 0 Å². The molecule has 0 amide bonds. The Morgan fingerprint density at radius 3 is 2.08 bits per heavy atom. The fraction of sp³-hybridized carbons (Fsp3) is 0.455. The molecule has 2 aromatic rings. The summed E-state index contributed by atoms with van der Waals surface area (Å²) in [4.78, 5) is 7.82. The van der Waals surface area contributed by atoms with Crippen LogP contribution in [0.2, 0.25) is 5.02 Å². The molecule has 2 aliphatic rings. The van der Waals surface area contributed by atoms with Crippen molar-refractivity contribution >= 4 is 17.3 Å². The van der Waals surface area contributed by atoms with Crippen molar-refractivity contribution in [2.45, 2.75) is 25.4 Å². The van der Waals surface area contributed by atoms with E-state index >= 15 is 0 Å². The van der Waals surface area contributed by atoms with Crippen molar-refractivity contribution in [3.63, 3.8) is 0 Å². The molecule has 2 fully saturated rings. The summed E-state index contributed by atoms with van der Waals surface area (Å²) < 4.78 is 0. The molecule has 0 saturated carbocycles. The third kappa shape index (κ3) is 4.40. The van der Waals surface area contributed by atoms with E-state index in [9.17, 15) is 0 Å². The van der Waals surface area contributed by atoms with Crippen LogP contribution in [0.25, 0.3) is 0 Å². The first-order valence-electron chi connectivity index (χ1n) is 9.79. The van der Waals surface area contributed by atoms with Crippen molar-refractivity contribution in [2.75, 3.05) is 44.2 Å². The van der Waals surface area contributed by atoms with Crippen LogP contribution < -0.4 is 4.90 Å². The van der Waals surface area contributed by atoms with Gasteiger partial charge in [-0.2, -0.15) is 0 Å². The summed E-state index contributed by atoms with van der Waals surface area (Å²) in [6, 6.07) is 19.9. The minimum absolute atomic E-state index is 0.759. The highest BCUT2D eigenvalue weighted by molar-refractivity contribution is 6.30. The summed E-state index contributed by atoms with van der Waals surface area (Å²) in [5.41, 5.74) is 2.73. The molecule has 0 unspecified atom stereocenters. The second-order valence-corrected chi connectivity index (χ2v) is 7.93. The maximum absolute atomic E-state index is 5.99. The van der Waals surface area contributed by atoms with Crippen LogP contribution in [-0.4, -0.2) is 55.1 Å². The highest BCUT2D eigenvalue weighted by atomic mass is 35.5. The molecule has 0 bridgehead atoms. The number of likely N-dealkylation sites (tertiary alicyclic amines) is 1. The fourth-order valence-electron chi connectivity index (χ4n) is 4.27. The summed E-state index contributed by atoms with van der Waals surface area (Å²) in [5.74, 6) is 0. The molecule has 0 spiro atoms. The van der Waals surface area contributed by atoms with E-state index in [1.807, 2.05) is 12.1 Å². The number of nitrogens with zero attached hydrogens (tertiary/aromatic N) is 3. The Morgan fingerprint density at radius 1 is 0.769 bits per heavy atom. The molecular weight excluding hydrogens is 342 g/mol. The first-order valence-corrected chi connectivity index (χ1v) is 10.2. The Bertz CT molecular complexity index is 672. The Balaban J connectivity index is 1.23. The van der Waals surface area contributed by atoms with Gasteiger partial charge in [-0.3, -0.25) is 9.80 Å². The highest BCUT2D eigenvalue weighted by Crippen LogP contribution is 2.22. The normalized spacial score (nSPS) is 20.4. The average molecular weight is 370 g/mol. The van der Waals surface area contributed by atoms with E-state index in [-0.39, 0.29) is 0 Å². The third-order valence-electron chi connectivity index (χ3n) is 5.83. The summed E-state index contributed by atoms with van der Waals surface area (Å²) in [6.45, 7) is 8.13. The van der Waals surface area contributed by atoms with Gasteiger partial charge in [0.2, 0.25) is 0 Å². The van der Waals surface area contributed by atoms with Crippen LogP contribution in [0.3, 0.4) is 0 Å². The number of piperidine rings is 1. The average Bonchev–Trinajstić information content (AvgIpc) is 2.71. The van der Waals surface area contributed by atoms with Crippen LogP contribution >= 0.6 is 11.6 Å². The largest absolute Gasteiger partial charge is 0.369 e. The lowest BCUT2D eigenvalue weighted by Gasteiger charge is -2.43. The number of rotatable bonds is 4. The van der Waals surface area contributed by atoms with Gasteiger partial charge in [-0.15, -0.1) is 0 Å². The van der Waals surface area contributed by atoms with Gasteiger partial charge in [0, 0.05) is 49.5 Å². The quantitative estimate of drug-likeness (QED) is 0.802. The molecule has 138 valence electrons. The molecule has 0 atom stereocenters. The summed E-state index contributed by atoms with van der Waals surface area (Å²) in [5, 5.41) is 0.821. The van der Waals surface area contributed by atoms with Gasteiger partial charge in [-0.25, -0.2) is 0 Å². The summed E-state index contributed by atoms with van der Waals surface area (Å²) in [6.07, 6.45) is 2.58. The third-order valence-corrected chi connectivity index (χ3v) is 6.08. The highest BCUT2D eigenvalue weighted by Gasteiger charge is 2.27. The van der Waals surface area contributed by atoms with Crippen molar-refractivity contribution in [3.8, 4) is 0 Å². The minimum Gasteiger partial charge on any atom is -0.369 e. The number of halogens is 1. The zero-order valence-electron chi connectivity index (χ0n) is 15.4. The van der Waals surface area contributed by atoms with Gasteiger partial charge in [0.25, 0.3) is 0 Å². The molecule has 4 rings (SSSR count). The standard InChI is InChI=1S/C22H28ClN3/c23-20-8-6-19(7-9-20)18-24-12-10-22(11-13-24)26-16-14-25(15-17-26)21-4-2-1-3-5-21/h1-9,22H,10-18H2. The van der Waals surface area contributed by atoms with Crippen molar-refractivity contribution in [3.05, 3.63) is 65.2 Å². The van der Waals surface area contributed by atoms with Gasteiger partial charge in [-0.1, -0.05) is 41.9 Å². The van der Waals surface area contributed by atoms with Crippen molar-refractivity contribution in [1.82, 2.24) is 9.80 Å². The number of anilines is 1. The number of piperazine rings is 1. The predicted octanol–water partition coefficient (Wildman–Crippen LogP) is 4.13. The molecule has 0 radical (unpaired) electrons. The fourth-order valence-corrected chi connectivity index (χ4v) is 4.40. The van der Waals surface area contributed by atoms with Crippen LogP contribution in [0, 0.1) is 0 Å². The lowest BCUT2D eigenvalue weighted by molar-refractivity contribution is 0.0998. The molecule has 0 N–H and O–H groups in total. The molecule has 4 heteroatoms. The lowest BCUT2D eigenvalue weighted by atomic mass is 10.0. The van der Waals surface area contributed by atoms with Gasteiger partial charge >= 0.3 is 0 Å². The Kier molecular flexibility index (Phi) is 5.78. The van der Waals surface area contributed by atoms with Crippen LogP contribution in [0.15, 0.2) is 54.6 Å². The van der Waals surface area contributed by atoms with Crippen LogP contribution in [0.5, 0.6) is 0 Å².